The van der Waals surface area contributed by atoms with Gasteiger partial charge in [0, 0.05) is 13.1 Å². The molecule has 16 heavy (non-hydrogen) atoms. The van der Waals surface area contributed by atoms with Crippen LogP contribution in [0.4, 0.5) is 0 Å². The standard InChI is InChI=1S/C13H21NO2/c1-11(2)12(15)13(5-3-4-6-13)14-7-9-16-10-8-14/h1,3-10H2,2H3. The summed E-state index contributed by atoms with van der Waals surface area (Å²) in [4.78, 5) is 14.7. The van der Waals surface area contributed by atoms with E-state index in [4.69, 9.17) is 4.74 Å². The number of ether oxygens (including phenoxy) is 1. The number of hydrogen-bond acceptors (Lipinski definition) is 3. The molecule has 0 amide bonds. The predicted molar refractivity (Wildman–Crippen MR) is 63.4 cm³/mol. The average Bonchev–Trinajstić information content (AvgIpc) is 2.79. The molecule has 0 N–H and O–H groups in total. The van der Waals surface area contributed by atoms with Crippen LogP contribution in [-0.2, 0) is 9.53 Å². The average molecular weight is 223 g/mol. The summed E-state index contributed by atoms with van der Waals surface area (Å²) in [5.41, 5.74) is 0.462. The number of nitrogens with zero attached hydrogens (tertiary/aromatic N) is 1. The van der Waals surface area contributed by atoms with Crippen molar-refractivity contribution in [2.75, 3.05) is 26.3 Å². The van der Waals surface area contributed by atoms with E-state index in [1.807, 2.05) is 6.92 Å². The fourth-order valence-corrected chi connectivity index (χ4v) is 3.04. The molecule has 1 aliphatic heterocycles. The lowest BCUT2D eigenvalue weighted by Gasteiger charge is -2.42. The van der Waals surface area contributed by atoms with E-state index < -0.39 is 0 Å². The molecule has 0 unspecified atom stereocenters. The maximum absolute atomic E-state index is 12.4. The van der Waals surface area contributed by atoms with Gasteiger partial charge in [-0.15, -0.1) is 0 Å². The third kappa shape index (κ3) is 1.94. The first-order valence-corrected chi connectivity index (χ1v) is 6.20. The van der Waals surface area contributed by atoms with E-state index in [9.17, 15) is 4.79 Å². The van der Waals surface area contributed by atoms with Crippen LogP contribution in [0.2, 0.25) is 0 Å². The van der Waals surface area contributed by atoms with E-state index in [2.05, 4.69) is 11.5 Å². The van der Waals surface area contributed by atoms with Crippen molar-refractivity contribution in [1.82, 2.24) is 4.90 Å². The number of hydrogen-bond donors (Lipinski definition) is 0. The first kappa shape index (κ1) is 11.8. The molecule has 90 valence electrons. The van der Waals surface area contributed by atoms with Gasteiger partial charge in [0.2, 0.25) is 0 Å². The number of morpholine rings is 1. The van der Waals surface area contributed by atoms with Crippen molar-refractivity contribution < 1.29 is 9.53 Å². The number of carbonyl (C=O) groups is 1. The van der Waals surface area contributed by atoms with Gasteiger partial charge in [0.25, 0.3) is 0 Å². The van der Waals surface area contributed by atoms with E-state index in [0.717, 1.165) is 52.0 Å². The van der Waals surface area contributed by atoms with Crippen molar-refractivity contribution in [3.63, 3.8) is 0 Å². The number of ketones is 1. The molecule has 0 bridgehead atoms. The van der Waals surface area contributed by atoms with Crippen LogP contribution in [0.5, 0.6) is 0 Å². The van der Waals surface area contributed by atoms with E-state index in [-0.39, 0.29) is 11.3 Å². The van der Waals surface area contributed by atoms with Gasteiger partial charge < -0.3 is 4.74 Å². The molecule has 0 atom stereocenters. The second-order valence-electron chi connectivity index (χ2n) is 4.95. The zero-order valence-electron chi connectivity index (χ0n) is 10.1. The topological polar surface area (TPSA) is 29.5 Å². The summed E-state index contributed by atoms with van der Waals surface area (Å²) in [6, 6.07) is 0. The highest BCUT2D eigenvalue weighted by atomic mass is 16.5. The van der Waals surface area contributed by atoms with E-state index in [1.54, 1.807) is 0 Å². The maximum atomic E-state index is 12.4. The van der Waals surface area contributed by atoms with Crippen LogP contribution >= 0.6 is 0 Å². The van der Waals surface area contributed by atoms with Crippen LogP contribution in [0, 0.1) is 0 Å². The lowest BCUT2D eigenvalue weighted by atomic mass is 9.86. The second kappa shape index (κ2) is 4.68. The molecule has 1 saturated heterocycles. The second-order valence-corrected chi connectivity index (χ2v) is 4.95. The fourth-order valence-electron chi connectivity index (χ4n) is 3.04. The largest absolute Gasteiger partial charge is 0.379 e. The Morgan fingerprint density at radius 1 is 1.25 bits per heavy atom. The van der Waals surface area contributed by atoms with Gasteiger partial charge in [-0.1, -0.05) is 19.4 Å². The van der Waals surface area contributed by atoms with Crippen LogP contribution in [-0.4, -0.2) is 42.5 Å². The number of rotatable bonds is 3. The zero-order chi connectivity index (χ0) is 11.6. The Bertz CT molecular complexity index is 286. The Hall–Kier alpha value is -0.670. The molecular weight excluding hydrogens is 202 g/mol. The molecule has 2 aliphatic rings. The van der Waals surface area contributed by atoms with E-state index >= 15 is 0 Å². The first-order chi connectivity index (χ1) is 7.67. The molecule has 0 aromatic carbocycles. The minimum absolute atomic E-state index is 0.240. The van der Waals surface area contributed by atoms with Gasteiger partial charge in [-0.05, 0) is 25.3 Å². The highest BCUT2D eigenvalue weighted by molar-refractivity contribution is 6.01. The normalized spacial score (nSPS) is 25.6. The van der Waals surface area contributed by atoms with Gasteiger partial charge in [-0.3, -0.25) is 9.69 Å². The molecule has 0 spiro atoms. The van der Waals surface area contributed by atoms with Crippen LogP contribution in [0.1, 0.15) is 32.6 Å². The van der Waals surface area contributed by atoms with Crippen molar-refractivity contribution in [2.24, 2.45) is 0 Å². The smallest absolute Gasteiger partial charge is 0.178 e. The molecule has 1 heterocycles. The van der Waals surface area contributed by atoms with Gasteiger partial charge in [0.05, 0.1) is 18.8 Å². The monoisotopic (exact) mass is 223 g/mol. The minimum Gasteiger partial charge on any atom is -0.379 e. The summed E-state index contributed by atoms with van der Waals surface area (Å²) in [7, 11) is 0. The summed E-state index contributed by atoms with van der Waals surface area (Å²) in [5, 5.41) is 0. The predicted octanol–water partition coefficient (Wildman–Crippen LogP) is 1.78. The Kier molecular flexibility index (Phi) is 3.45. The Morgan fingerprint density at radius 3 is 2.31 bits per heavy atom. The van der Waals surface area contributed by atoms with Gasteiger partial charge >= 0.3 is 0 Å². The van der Waals surface area contributed by atoms with Gasteiger partial charge in [-0.25, -0.2) is 0 Å². The number of Topliss-reactive ketones (excluding diaryl/α,β-unsaturated/α-hetero) is 1. The van der Waals surface area contributed by atoms with Crippen molar-refractivity contribution in [2.45, 2.75) is 38.1 Å². The molecule has 0 aromatic heterocycles. The van der Waals surface area contributed by atoms with Gasteiger partial charge in [-0.2, -0.15) is 0 Å². The third-order valence-electron chi connectivity index (χ3n) is 3.86. The molecule has 3 nitrogen and oxygen atoms in total. The molecule has 0 aromatic rings. The molecule has 1 aliphatic carbocycles. The molecule has 2 rings (SSSR count). The summed E-state index contributed by atoms with van der Waals surface area (Å²) < 4.78 is 5.37. The Balaban J connectivity index is 2.20. The van der Waals surface area contributed by atoms with Crippen LogP contribution in [0.3, 0.4) is 0 Å². The highest BCUT2D eigenvalue weighted by Gasteiger charge is 2.46. The summed E-state index contributed by atoms with van der Waals surface area (Å²) >= 11 is 0. The van der Waals surface area contributed by atoms with Crippen LogP contribution < -0.4 is 0 Å². The third-order valence-corrected chi connectivity index (χ3v) is 3.86. The molecule has 2 fully saturated rings. The highest BCUT2D eigenvalue weighted by Crippen LogP contribution is 2.38. The van der Waals surface area contributed by atoms with Crippen molar-refractivity contribution in [3.05, 3.63) is 12.2 Å². The SMILES string of the molecule is C=C(C)C(=O)C1(N2CCOCC2)CCCC1. The molecule has 1 saturated carbocycles. The van der Waals surface area contributed by atoms with Crippen molar-refractivity contribution in [1.29, 1.82) is 0 Å². The van der Waals surface area contributed by atoms with E-state index in [0.29, 0.717) is 5.57 Å². The first-order valence-electron chi connectivity index (χ1n) is 6.20. The Morgan fingerprint density at radius 2 is 1.81 bits per heavy atom. The zero-order valence-corrected chi connectivity index (χ0v) is 10.1. The van der Waals surface area contributed by atoms with Crippen LogP contribution in [0.15, 0.2) is 12.2 Å². The molecule has 3 heteroatoms. The van der Waals surface area contributed by atoms with Crippen molar-refractivity contribution in [3.8, 4) is 0 Å². The summed E-state index contributed by atoms with van der Waals surface area (Å²) in [5.74, 6) is 0.256. The molecule has 0 radical (unpaired) electrons. The fraction of sp³-hybridized carbons (Fsp3) is 0.769. The van der Waals surface area contributed by atoms with Crippen molar-refractivity contribution >= 4 is 5.78 Å². The van der Waals surface area contributed by atoms with Gasteiger partial charge in [0.1, 0.15) is 0 Å². The summed E-state index contributed by atoms with van der Waals surface area (Å²) in [6.07, 6.45) is 4.32. The van der Waals surface area contributed by atoms with Gasteiger partial charge in [0.15, 0.2) is 5.78 Å². The molecular formula is C13H21NO2. The van der Waals surface area contributed by atoms with Crippen LogP contribution in [0.25, 0.3) is 0 Å². The Labute approximate surface area is 97.5 Å². The lowest BCUT2D eigenvalue weighted by molar-refractivity contribution is -0.130. The minimum atomic E-state index is -0.240. The lowest BCUT2D eigenvalue weighted by Crippen LogP contribution is -2.56. The number of carbonyl (C=O) groups excluding carboxylic acids is 1. The maximum Gasteiger partial charge on any atom is 0.178 e. The summed E-state index contributed by atoms with van der Waals surface area (Å²) in [6.45, 7) is 8.95. The van der Waals surface area contributed by atoms with E-state index in [1.165, 1.54) is 0 Å². The quantitative estimate of drug-likeness (QED) is 0.683.